The van der Waals surface area contributed by atoms with Crippen molar-refractivity contribution in [3.63, 3.8) is 0 Å². The standard InChI is InChI=1S/C12H25N/c1-6-8-9-10-12(7-2)13(5)11(3)4/h7,11-12H,2,6,8-10H2,1,3-5H3. The van der Waals surface area contributed by atoms with E-state index in [9.17, 15) is 0 Å². The van der Waals surface area contributed by atoms with E-state index in [0.29, 0.717) is 12.1 Å². The summed E-state index contributed by atoms with van der Waals surface area (Å²) in [4.78, 5) is 2.39. The largest absolute Gasteiger partial charge is 0.298 e. The van der Waals surface area contributed by atoms with E-state index in [1.807, 2.05) is 0 Å². The summed E-state index contributed by atoms with van der Waals surface area (Å²) in [5.74, 6) is 0. The molecule has 0 amide bonds. The maximum absolute atomic E-state index is 3.90. The fourth-order valence-electron chi connectivity index (χ4n) is 1.47. The molecule has 1 heteroatoms. The first-order chi connectivity index (χ1) is 6.13. The van der Waals surface area contributed by atoms with E-state index in [1.165, 1.54) is 25.7 Å². The van der Waals surface area contributed by atoms with Gasteiger partial charge in [-0.3, -0.25) is 4.90 Å². The minimum atomic E-state index is 0.562. The molecule has 13 heavy (non-hydrogen) atoms. The molecule has 0 rings (SSSR count). The van der Waals surface area contributed by atoms with Gasteiger partial charge in [-0.1, -0.05) is 32.3 Å². The monoisotopic (exact) mass is 183 g/mol. The third-order valence-electron chi connectivity index (χ3n) is 2.71. The molecule has 1 nitrogen and oxygen atoms in total. The summed E-state index contributed by atoms with van der Waals surface area (Å²) in [6.07, 6.45) is 7.30. The van der Waals surface area contributed by atoms with E-state index in [0.717, 1.165) is 0 Å². The smallest absolute Gasteiger partial charge is 0.0275 e. The third kappa shape index (κ3) is 5.09. The second-order valence-electron chi connectivity index (χ2n) is 4.06. The highest BCUT2D eigenvalue weighted by Crippen LogP contribution is 2.11. The van der Waals surface area contributed by atoms with Gasteiger partial charge in [0.1, 0.15) is 0 Å². The van der Waals surface area contributed by atoms with Crippen molar-refractivity contribution in [3.05, 3.63) is 12.7 Å². The molecule has 0 aromatic rings. The average Bonchev–Trinajstić information content (AvgIpc) is 2.11. The molecule has 0 fully saturated rings. The van der Waals surface area contributed by atoms with Gasteiger partial charge in [-0.25, -0.2) is 0 Å². The van der Waals surface area contributed by atoms with E-state index in [-0.39, 0.29) is 0 Å². The Bertz CT molecular complexity index is 129. The predicted octanol–water partition coefficient (Wildman–Crippen LogP) is 3.46. The van der Waals surface area contributed by atoms with Gasteiger partial charge in [0.2, 0.25) is 0 Å². The molecule has 0 aliphatic heterocycles. The number of rotatable bonds is 7. The summed E-state index contributed by atoms with van der Waals surface area (Å²) in [7, 11) is 2.18. The predicted molar refractivity (Wildman–Crippen MR) is 61.0 cm³/mol. The Kier molecular flexibility index (Phi) is 6.97. The molecular formula is C12H25N. The van der Waals surface area contributed by atoms with Crippen LogP contribution in [0.1, 0.15) is 46.5 Å². The zero-order valence-electron chi connectivity index (χ0n) is 9.71. The molecule has 0 N–H and O–H groups in total. The van der Waals surface area contributed by atoms with E-state index in [1.54, 1.807) is 0 Å². The Hall–Kier alpha value is -0.300. The van der Waals surface area contributed by atoms with Crippen LogP contribution in [0.3, 0.4) is 0 Å². The first kappa shape index (κ1) is 12.7. The second-order valence-corrected chi connectivity index (χ2v) is 4.06. The van der Waals surface area contributed by atoms with Gasteiger partial charge >= 0.3 is 0 Å². The van der Waals surface area contributed by atoms with Crippen molar-refractivity contribution in [3.8, 4) is 0 Å². The Morgan fingerprint density at radius 2 is 1.92 bits per heavy atom. The Balaban J connectivity index is 3.80. The molecule has 0 bridgehead atoms. The van der Waals surface area contributed by atoms with Crippen molar-refractivity contribution in [2.45, 2.75) is 58.5 Å². The lowest BCUT2D eigenvalue weighted by Gasteiger charge is -2.29. The Morgan fingerprint density at radius 1 is 1.31 bits per heavy atom. The molecule has 0 saturated carbocycles. The number of hydrogen-bond donors (Lipinski definition) is 0. The van der Waals surface area contributed by atoms with Crippen LogP contribution in [0.15, 0.2) is 12.7 Å². The van der Waals surface area contributed by atoms with Crippen molar-refractivity contribution >= 4 is 0 Å². The van der Waals surface area contributed by atoms with Crippen molar-refractivity contribution in [2.24, 2.45) is 0 Å². The zero-order valence-corrected chi connectivity index (χ0v) is 9.71. The topological polar surface area (TPSA) is 3.24 Å². The summed E-state index contributed by atoms with van der Waals surface area (Å²) in [5.41, 5.74) is 0. The second kappa shape index (κ2) is 7.14. The Morgan fingerprint density at radius 3 is 2.31 bits per heavy atom. The van der Waals surface area contributed by atoms with Crippen molar-refractivity contribution in [1.82, 2.24) is 4.90 Å². The molecule has 78 valence electrons. The molecule has 0 aromatic heterocycles. The van der Waals surface area contributed by atoms with Gasteiger partial charge < -0.3 is 0 Å². The summed E-state index contributed by atoms with van der Waals surface area (Å²) < 4.78 is 0. The van der Waals surface area contributed by atoms with Crippen LogP contribution in [-0.4, -0.2) is 24.0 Å². The first-order valence-electron chi connectivity index (χ1n) is 5.48. The fraction of sp³-hybridized carbons (Fsp3) is 0.833. The van der Waals surface area contributed by atoms with E-state index in [4.69, 9.17) is 0 Å². The number of nitrogens with zero attached hydrogens (tertiary/aromatic N) is 1. The van der Waals surface area contributed by atoms with Crippen LogP contribution < -0.4 is 0 Å². The first-order valence-corrected chi connectivity index (χ1v) is 5.48. The highest BCUT2D eigenvalue weighted by Gasteiger charge is 2.12. The Labute approximate surface area is 83.8 Å². The molecule has 0 heterocycles. The lowest BCUT2D eigenvalue weighted by molar-refractivity contribution is 0.216. The van der Waals surface area contributed by atoms with Crippen molar-refractivity contribution in [1.29, 1.82) is 0 Å². The van der Waals surface area contributed by atoms with Crippen LogP contribution in [0.25, 0.3) is 0 Å². The molecule has 0 spiro atoms. The quantitative estimate of drug-likeness (QED) is 0.431. The highest BCUT2D eigenvalue weighted by molar-refractivity contribution is 4.87. The molecule has 0 aliphatic rings. The summed E-state index contributed by atoms with van der Waals surface area (Å²) in [6.45, 7) is 10.6. The number of unbranched alkanes of at least 4 members (excludes halogenated alkanes) is 2. The molecule has 1 atom stereocenters. The molecule has 0 aromatic carbocycles. The van der Waals surface area contributed by atoms with Crippen molar-refractivity contribution < 1.29 is 0 Å². The van der Waals surface area contributed by atoms with Gasteiger partial charge in [0, 0.05) is 12.1 Å². The summed E-state index contributed by atoms with van der Waals surface area (Å²) >= 11 is 0. The molecular weight excluding hydrogens is 158 g/mol. The van der Waals surface area contributed by atoms with Crippen molar-refractivity contribution in [2.75, 3.05) is 7.05 Å². The minimum Gasteiger partial charge on any atom is -0.298 e. The number of hydrogen-bond acceptors (Lipinski definition) is 1. The highest BCUT2D eigenvalue weighted by atomic mass is 15.1. The minimum absolute atomic E-state index is 0.562. The van der Waals surface area contributed by atoms with Gasteiger partial charge in [0.05, 0.1) is 0 Å². The van der Waals surface area contributed by atoms with E-state index < -0.39 is 0 Å². The molecule has 0 saturated heterocycles. The van der Waals surface area contributed by atoms with Crippen LogP contribution in [0.4, 0.5) is 0 Å². The van der Waals surface area contributed by atoms with Crippen LogP contribution in [0, 0.1) is 0 Å². The number of likely N-dealkylation sites (N-methyl/N-ethyl adjacent to an activating group) is 1. The lowest BCUT2D eigenvalue weighted by Crippen LogP contribution is -2.35. The fourth-order valence-corrected chi connectivity index (χ4v) is 1.47. The normalized spacial score (nSPS) is 13.7. The van der Waals surface area contributed by atoms with Crippen LogP contribution in [0.2, 0.25) is 0 Å². The maximum atomic E-state index is 3.90. The van der Waals surface area contributed by atoms with Crippen LogP contribution in [0.5, 0.6) is 0 Å². The van der Waals surface area contributed by atoms with Gasteiger partial charge in [-0.15, -0.1) is 6.58 Å². The molecule has 0 aliphatic carbocycles. The zero-order chi connectivity index (χ0) is 10.3. The van der Waals surface area contributed by atoms with Gasteiger partial charge in [0.25, 0.3) is 0 Å². The SMILES string of the molecule is C=CC(CCCCC)N(C)C(C)C. The summed E-state index contributed by atoms with van der Waals surface area (Å²) in [6, 6.07) is 1.18. The van der Waals surface area contributed by atoms with E-state index in [2.05, 4.69) is 45.4 Å². The van der Waals surface area contributed by atoms with Gasteiger partial charge in [-0.05, 0) is 27.3 Å². The van der Waals surface area contributed by atoms with Gasteiger partial charge in [-0.2, -0.15) is 0 Å². The van der Waals surface area contributed by atoms with Crippen LogP contribution >= 0.6 is 0 Å². The molecule has 1 unspecified atom stereocenters. The van der Waals surface area contributed by atoms with E-state index >= 15 is 0 Å². The van der Waals surface area contributed by atoms with Gasteiger partial charge in [0.15, 0.2) is 0 Å². The summed E-state index contributed by atoms with van der Waals surface area (Å²) in [5, 5.41) is 0. The average molecular weight is 183 g/mol. The third-order valence-corrected chi connectivity index (χ3v) is 2.71. The molecule has 0 radical (unpaired) electrons. The maximum Gasteiger partial charge on any atom is 0.0275 e. The van der Waals surface area contributed by atoms with Crippen LogP contribution in [-0.2, 0) is 0 Å². The lowest BCUT2D eigenvalue weighted by atomic mass is 10.1.